The Balaban J connectivity index is 1.30. The molecule has 4 aliphatic rings. The van der Waals surface area contributed by atoms with E-state index in [1.54, 1.807) is 6.34 Å². The highest BCUT2D eigenvalue weighted by molar-refractivity contribution is 7.19. The lowest BCUT2D eigenvalue weighted by atomic mass is 9.84. The van der Waals surface area contributed by atoms with E-state index >= 15 is 0 Å². The minimum absolute atomic E-state index is 0.0491. The van der Waals surface area contributed by atoms with E-state index in [2.05, 4.69) is 66.1 Å². The predicted octanol–water partition coefficient (Wildman–Crippen LogP) is 4.35. The summed E-state index contributed by atoms with van der Waals surface area (Å²) < 4.78 is 6.51. The number of H-pyrrole nitrogens is 1. The maximum absolute atomic E-state index is 11.3. The van der Waals surface area contributed by atoms with Gasteiger partial charge in [0.25, 0.3) is 0 Å². The third-order valence-electron chi connectivity index (χ3n) is 8.87. The lowest BCUT2D eigenvalue weighted by molar-refractivity contribution is -0.120. The Morgan fingerprint density at radius 2 is 2.05 bits per heavy atom. The second-order valence-electron chi connectivity index (χ2n) is 11.5. The first-order chi connectivity index (χ1) is 17.7. The number of ether oxygens (including phenoxy) is 1. The van der Waals surface area contributed by atoms with Crippen LogP contribution in [0.4, 0.5) is 0 Å². The number of amides is 1. The molecule has 2 aromatic rings. The van der Waals surface area contributed by atoms with Crippen molar-refractivity contribution >= 4 is 39.4 Å². The number of rotatable bonds is 5. The van der Waals surface area contributed by atoms with Crippen LogP contribution in [0.15, 0.2) is 22.3 Å². The van der Waals surface area contributed by atoms with E-state index in [1.165, 1.54) is 48.6 Å². The van der Waals surface area contributed by atoms with E-state index in [0.29, 0.717) is 18.4 Å². The number of carbonyl (C=O) groups excluding carboxylic acids is 1. The molecule has 0 radical (unpaired) electrons. The van der Waals surface area contributed by atoms with Gasteiger partial charge in [0.1, 0.15) is 11.2 Å². The molecule has 198 valence electrons. The van der Waals surface area contributed by atoms with Gasteiger partial charge in [0.05, 0.1) is 24.4 Å². The van der Waals surface area contributed by atoms with Crippen molar-refractivity contribution in [3.8, 4) is 0 Å². The number of hydrogen-bond acceptors (Lipinski definition) is 7. The topological polar surface area (TPSA) is 99.0 Å². The average molecular weight is 523 g/mol. The number of carbonyl (C=O) groups is 1. The summed E-state index contributed by atoms with van der Waals surface area (Å²) in [6.07, 6.45) is 7.03. The van der Waals surface area contributed by atoms with Crippen molar-refractivity contribution in [3.63, 3.8) is 0 Å². The molecule has 4 N–H and O–H groups in total. The number of hydrazine groups is 1. The SMILES string of the molecule is CC1=C(C)C2N=CNN2C=C1c1[nH]c2sc(C3COC4(CCN(CC(N)=O)CC4)C3)c(C)c2c1C(C)C. The Bertz CT molecular complexity index is 1340. The van der Waals surface area contributed by atoms with Gasteiger partial charge in [-0.25, -0.2) is 4.99 Å². The number of likely N-dealkylation sites (tertiary alicyclic amines) is 1. The summed E-state index contributed by atoms with van der Waals surface area (Å²) in [4.78, 5) is 24.6. The lowest BCUT2D eigenvalue weighted by Gasteiger charge is -2.38. The Kier molecular flexibility index (Phi) is 6.00. The van der Waals surface area contributed by atoms with Crippen molar-refractivity contribution in [1.29, 1.82) is 0 Å². The van der Waals surface area contributed by atoms with Gasteiger partial charge in [0.15, 0.2) is 6.17 Å². The fourth-order valence-electron chi connectivity index (χ4n) is 6.76. The van der Waals surface area contributed by atoms with E-state index in [4.69, 9.17) is 10.5 Å². The van der Waals surface area contributed by atoms with Crippen molar-refractivity contribution in [2.24, 2.45) is 10.7 Å². The van der Waals surface area contributed by atoms with Crippen LogP contribution < -0.4 is 11.2 Å². The molecule has 37 heavy (non-hydrogen) atoms. The number of aliphatic imine (C=N–C) groups is 1. The summed E-state index contributed by atoms with van der Waals surface area (Å²) in [5, 5.41) is 3.49. The summed E-state index contributed by atoms with van der Waals surface area (Å²) in [5.41, 5.74) is 16.5. The summed E-state index contributed by atoms with van der Waals surface area (Å²) in [5.74, 6) is 0.557. The van der Waals surface area contributed by atoms with E-state index in [0.717, 1.165) is 39.0 Å². The van der Waals surface area contributed by atoms with Crippen molar-refractivity contribution in [1.82, 2.24) is 20.3 Å². The number of fused-ring (bicyclic) bond motifs is 2. The Morgan fingerprint density at radius 3 is 2.76 bits per heavy atom. The van der Waals surface area contributed by atoms with Gasteiger partial charge in [0.2, 0.25) is 5.91 Å². The Labute approximate surface area is 222 Å². The van der Waals surface area contributed by atoms with Gasteiger partial charge in [-0.05, 0) is 68.2 Å². The summed E-state index contributed by atoms with van der Waals surface area (Å²) in [7, 11) is 0. The maximum atomic E-state index is 11.3. The molecule has 2 atom stereocenters. The minimum atomic E-state index is -0.250. The zero-order valence-corrected chi connectivity index (χ0v) is 23.3. The molecule has 2 fully saturated rings. The summed E-state index contributed by atoms with van der Waals surface area (Å²) in [6, 6.07) is 0. The summed E-state index contributed by atoms with van der Waals surface area (Å²) >= 11 is 1.91. The number of nitrogens with two attached hydrogens (primary N) is 1. The first-order valence-corrected chi connectivity index (χ1v) is 14.2. The molecule has 4 aliphatic heterocycles. The number of piperidine rings is 1. The molecule has 1 spiro atoms. The first kappa shape index (κ1) is 24.7. The second kappa shape index (κ2) is 8.99. The monoisotopic (exact) mass is 522 g/mol. The highest BCUT2D eigenvalue weighted by Crippen LogP contribution is 2.49. The molecule has 9 heteroatoms. The highest BCUT2D eigenvalue weighted by Gasteiger charge is 2.44. The van der Waals surface area contributed by atoms with E-state index in [1.807, 2.05) is 11.3 Å². The van der Waals surface area contributed by atoms with Gasteiger partial charge in [-0.1, -0.05) is 13.8 Å². The molecule has 0 aliphatic carbocycles. The van der Waals surface area contributed by atoms with Crippen LogP contribution in [0.2, 0.25) is 0 Å². The van der Waals surface area contributed by atoms with Gasteiger partial charge in [-0.2, -0.15) is 0 Å². The molecule has 2 unspecified atom stereocenters. The van der Waals surface area contributed by atoms with Crippen LogP contribution in [0.5, 0.6) is 0 Å². The largest absolute Gasteiger partial charge is 0.374 e. The normalized spacial score (nSPS) is 25.5. The van der Waals surface area contributed by atoms with Gasteiger partial charge >= 0.3 is 0 Å². The van der Waals surface area contributed by atoms with Crippen LogP contribution in [0.25, 0.3) is 15.8 Å². The Hall–Kier alpha value is -2.62. The quantitative estimate of drug-likeness (QED) is 0.542. The van der Waals surface area contributed by atoms with E-state index in [-0.39, 0.29) is 17.7 Å². The highest BCUT2D eigenvalue weighted by atomic mass is 32.1. The number of aryl methyl sites for hydroxylation is 1. The molecule has 8 nitrogen and oxygen atoms in total. The maximum Gasteiger partial charge on any atom is 0.231 e. The van der Waals surface area contributed by atoms with Gasteiger partial charge in [-0.3, -0.25) is 20.1 Å². The third kappa shape index (κ3) is 4.02. The predicted molar refractivity (Wildman–Crippen MR) is 150 cm³/mol. The number of aromatic nitrogens is 1. The molecular formula is C28H38N6O2S. The molecule has 0 saturated carbocycles. The number of hydrogen-bond donors (Lipinski definition) is 3. The second-order valence-corrected chi connectivity index (χ2v) is 12.6. The molecule has 1 amide bonds. The lowest BCUT2D eigenvalue weighted by Crippen LogP contribution is -2.46. The number of nitrogens with one attached hydrogen (secondary N) is 2. The van der Waals surface area contributed by atoms with Gasteiger partial charge in [0, 0.05) is 41.0 Å². The summed E-state index contributed by atoms with van der Waals surface area (Å²) in [6.45, 7) is 14.2. The van der Waals surface area contributed by atoms with Crippen molar-refractivity contribution in [2.45, 2.75) is 77.5 Å². The van der Waals surface area contributed by atoms with Crippen molar-refractivity contribution in [2.75, 3.05) is 26.2 Å². The standard InChI is InChI=1S/C28H38N6O2S/c1-15(2)22-23-18(5)25(19-10-28(36-13-19)6-8-33(9-7-28)12-21(29)35)37-27(23)32-24(22)20-11-34-26(30-14-31-34)17(4)16(20)3/h11,14-15,19,26,32H,6-10,12-13H2,1-5H3,(H2,29,35)(H,30,31). The van der Waals surface area contributed by atoms with Gasteiger partial charge in [-0.15, -0.1) is 11.3 Å². The molecule has 0 aromatic carbocycles. The molecule has 6 rings (SSSR count). The average Bonchev–Trinajstić information content (AvgIpc) is 3.62. The smallest absolute Gasteiger partial charge is 0.231 e. The minimum Gasteiger partial charge on any atom is -0.374 e. The molecular weight excluding hydrogens is 484 g/mol. The number of allylic oxidation sites excluding steroid dienone is 2. The fourth-order valence-corrected chi connectivity index (χ4v) is 8.08. The number of aromatic amines is 1. The number of primary amides is 1. The van der Waals surface area contributed by atoms with Crippen LogP contribution in [0.3, 0.4) is 0 Å². The third-order valence-corrected chi connectivity index (χ3v) is 10.2. The molecule has 2 saturated heterocycles. The zero-order valence-electron chi connectivity index (χ0n) is 22.5. The molecule has 6 heterocycles. The van der Waals surface area contributed by atoms with E-state index in [9.17, 15) is 4.79 Å². The van der Waals surface area contributed by atoms with Crippen LogP contribution in [-0.4, -0.2) is 65.1 Å². The van der Waals surface area contributed by atoms with Crippen molar-refractivity contribution in [3.05, 3.63) is 39.0 Å². The number of thiophene rings is 1. The molecule has 2 aromatic heterocycles. The van der Waals surface area contributed by atoms with Crippen LogP contribution >= 0.6 is 11.3 Å². The molecule has 0 bridgehead atoms. The van der Waals surface area contributed by atoms with Crippen LogP contribution in [-0.2, 0) is 9.53 Å². The first-order valence-electron chi connectivity index (χ1n) is 13.4. The zero-order chi connectivity index (χ0) is 26.1. The van der Waals surface area contributed by atoms with Gasteiger partial charge < -0.3 is 15.5 Å². The fraction of sp³-hybridized carbons (Fsp3) is 0.571. The number of nitrogens with zero attached hydrogens (tertiary/aromatic N) is 3. The van der Waals surface area contributed by atoms with Crippen molar-refractivity contribution < 1.29 is 9.53 Å². The van der Waals surface area contributed by atoms with Crippen LogP contribution in [0, 0.1) is 6.92 Å². The van der Waals surface area contributed by atoms with E-state index < -0.39 is 0 Å². The van der Waals surface area contributed by atoms with Crippen LogP contribution in [0.1, 0.15) is 80.5 Å². The Morgan fingerprint density at radius 1 is 1.30 bits per heavy atom.